The summed E-state index contributed by atoms with van der Waals surface area (Å²) in [6, 6.07) is 22.0. The first kappa shape index (κ1) is 16.6. The zero-order valence-corrected chi connectivity index (χ0v) is 15.2. The number of anilines is 1. The molecule has 1 fully saturated rings. The molecule has 1 unspecified atom stereocenters. The number of ether oxygens (including phenoxy) is 1. The molecule has 3 nitrogen and oxygen atoms in total. The van der Waals surface area contributed by atoms with Crippen molar-refractivity contribution in [1.82, 2.24) is 0 Å². The van der Waals surface area contributed by atoms with Crippen molar-refractivity contribution in [3.63, 3.8) is 0 Å². The van der Waals surface area contributed by atoms with Gasteiger partial charge in [-0.05, 0) is 66.8 Å². The highest BCUT2D eigenvalue weighted by Crippen LogP contribution is 2.38. The van der Waals surface area contributed by atoms with E-state index in [1.807, 2.05) is 71.6 Å². The molecule has 0 bridgehead atoms. The quantitative estimate of drug-likeness (QED) is 0.628. The second-order valence-electron chi connectivity index (χ2n) is 6.98. The van der Waals surface area contributed by atoms with E-state index in [2.05, 4.69) is 6.92 Å². The molecular formula is C23H23NO2. The summed E-state index contributed by atoms with van der Waals surface area (Å²) in [5.41, 5.74) is 1.68. The number of hydrogen-bond acceptors (Lipinski definition) is 2. The Balaban J connectivity index is 1.78. The minimum absolute atomic E-state index is 0.0615. The number of methoxy groups -OCH3 is 1. The topological polar surface area (TPSA) is 29.5 Å². The van der Waals surface area contributed by atoms with Crippen LogP contribution in [0.2, 0.25) is 0 Å². The van der Waals surface area contributed by atoms with Crippen molar-refractivity contribution < 1.29 is 9.53 Å². The van der Waals surface area contributed by atoms with Crippen LogP contribution in [0.4, 0.5) is 5.69 Å². The number of fused-ring (bicyclic) bond motifs is 1. The third-order valence-electron chi connectivity index (χ3n) is 5.30. The number of nitrogens with zero attached hydrogens (tertiary/aromatic N) is 1. The number of carbonyl (C=O) groups excluding carboxylic acids is 1. The van der Waals surface area contributed by atoms with E-state index in [1.165, 1.54) is 12.8 Å². The van der Waals surface area contributed by atoms with Gasteiger partial charge in [0.1, 0.15) is 5.75 Å². The largest absolute Gasteiger partial charge is 0.497 e. The van der Waals surface area contributed by atoms with Gasteiger partial charge in [0.25, 0.3) is 5.91 Å². The molecule has 1 aliphatic rings. The van der Waals surface area contributed by atoms with Crippen LogP contribution in [0.15, 0.2) is 66.7 Å². The summed E-state index contributed by atoms with van der Waals surface area (Å²) >= 11 is 0. The Morgan fingerprint density at radius 2 is 1.69 bits per heavy atom. The standard InChI is InChI=1S/C23H23NO2/c1-16(17-10-11-17)24(19-12-14-20(26-2)15-13-19)23(25)22-9-5-7-18-6-3-4-8-21(18)22/h3-9,12-17H,10-11H2,1-2H3. The van der Waals surface area contributed by atoms with E-state index in [0.29, 0.717) is 5.92 Å². The summed E-state index contributed by atoms with van der Waals surface area (Å²) < 4.78 is 5.27. The first-order chi connectivity index (χ1) is 12.7. The predicted molar refractivity (Wildman–Crippen MR) is 106 cm³/mol. The molecule has 0 aliphatic heterocycles. The van der Waals surface area contributed by atoms with Gasteiger partial charge in [-0.1, -0.05) is 36.4 Å². The molecule has 0 saturated heterocycles. The first-order valence-corrected chi connectivity index (χ1v) is 9.14. The highest BCUT2D eigenvalue weighted by molar-refractivity contribution is 6.14. The van der Waals surface area contributed by atoms with Gasteiger partial charge in [0.15, 0.2) is 0 Å². The van der Waals surface area contributed by atoms with Crippen molar-refractivity contribution >= 4 is 22.4 Å². The highest BCUT2D eigenvalue weighted by atomic mass is 16.5. The molecule has 3 heteroatoms. The molecule has 1 aliphatic carbocycles. The van der Waals surface area contributed by atoms with Crippen LogP contribution in [-0.4, -0.2) is 19.1 Å². The fourth-order valence-electron chi connectivity index (χ4n) is 3.61. The van der Waals surface area contributed by atoms with Gasteiger partial charge in [-0.2, -0.15) is 0 Å². The molecule has 0 N–H and O–H groups in total. The van der Waals surface area contributed by atoms with Crippen LogP contribution in [0.1, 0.15) is 30.1 Å². The Kier molecular flexibility index (Phi) is 4.37. The van der Waals surface area contributed by atoms with Gasteiger partial charge in [-0.15, -0.1) is 0 Å². The molecule has 0 aromatic heterocycles. The third kappa shape index (κ3) is 3.05. The van der Waals surface area contributed by atoms with Gasteiger partial charge in [0, 0.05) is 17.3 Å². The number of benzene rings is 3. The second kappa shape index (κ2) is 6.83. The Hall–Kier alpha value is -2.81. The van der Waals surface area contributed by atoms with Crippen LogP contribution in [0.3, 0.4) is 0 Å². The number of hydrogen-bond donors (Lipinski definition) is 0. The molecule has 3 aromatic rings. The van der Waals surface area contributed by atoms with Crippen LogP contribution in [0.5, 0.6) is 5.75 Å². The molecule has 0 heterocycles. The summed E-state index contributed by atoms with van der Waals surface area (Å²) in [7, 11) is 1.65. The average Bonchev–Trinajstić information content (AvgIpc) is 3.53. The Morgan fingerprint density at radius 3 is 2.38 bits per heavy atom. The SMILES string of the molecule is COc1ccc(N(C(=O)c2cccc3ccccc23)C(C)C2CC2)cc1. The Bertz CT molecular complexity index is 923. The second-order valence-corrected chi connectivity index (χ2v) is 6.98. The van der Waals surface area contributed by atoms with Gasteiger partial charge in [-0.3, -0.25) is 4.79 Å². The van der Waals surface area contributed by atoms with Crippen molar-refractivity contribution in [2.45, 2.75) is 25.8 Å². The lowest BCUT2D eigenvalue weighted by Crippen LogP contribution is -2.40. The minimum atomic E-state index is 0.0615. The molecule has 0 spiro atoms. The van der Waals surface area contributed by atoms with E-state index in [-0.39, 0.29) is 11.9 Å². The number of carbonyl (C=O) groups is 1. The fourth-order valence-corrected chi connectivity index (χ4v) is 3.61. The van der Waals surface area contributed by atoms with E-state index in [0.717, 1.165) is 27.8 Å². The average molecular weight is 345 g/mol. The van der Waals surface area contributed by atoms with Gasteiger partial charge < -0.3 is 9.64 Å². The van der Waals surface area contributed by atoms with E-state index in [4.69, 9.17) is 4.74 Å². The van der Waals surface area contributed by atoms with Gasteiger partial charge in [0.05, 0.1) is 7.11 Å². The third-order valence-corrected chi connectivity index (χ3v) is 5.30. The van der Waals surface area contributed by atoms with E-state index in [9.17, 15) is 4.79 Å². The maximum absolute atomic E-state index is 13.6. The summed E-state index contributed by atoms with van der Waals surface area (Å²) in [4.78, 5) is 15.5. The number of rotatable bonds is 5. The van der Waals surface area contributed by atoms with Crippen LogP contribution in [0, 0.1) is 5.92 Å². The number of amides is 1. The molecule has 1 saturated carbocycles. The molecular weight excluding hydrogens is 322 g/mol. The zero-order chi connectivity index (χ0) is 18.1. The minimum Gasteiger partial charge on any atom is -0.497 e. The monoisotopic (exact) mass is 345 g/mol. The van der Waals surface area contributed by atoms with E-state index in [1.54, 1.807) is 7.11 Å². The van der Waals surface area contributed by atoms with Gasteiger partial charge in [-0.25, -0.2) is 0 Å². The lowest BCUT2D eigenvalue weighted by Gasteiger charge is -2.30. The summed E-state index contributed by atoms with van der Waals surface area (Å²) in [6.07, 6.45) is 2.38. The summed E-state index contributed by atoms with van der Waals surface area (Å²) in [6.45, 7) is 2.16. The zero-order valence-electron chi connectivity index (χ0n) is 15.2. The van der Waals surface area contributed by atoms with Crippen LogP contribution < -0.4 is 9.64 Å². The molecule has 4 rings (SSSR count). The molecule has 132 valence electrons. The van der Waals surface area contributed by atoms with E-state index >= 15 is 0 Å². The normalized spacial score (nSPS) is 14.8. The van der Waals surface area contributed by atoms with Crippen molar-refractivity contribution in [3.05, 3.63) is 72.3 Å². The molecule has 0 radical (unpaired) electrons. The van der Waals surface area contributed by atoms with Crippen molar-refractivity contribution in [2.24, 2.45) is 5.92 Å². The smallest absolute Gasteiger partial charge is 0.259 e. The lowest BCUT2D eigenvalue weighted by molar-refractivity contribution is 0.0977. The maximum Gasteiger partial charge on any atom is 0.259 e. The van der Waals surface area contributed by atoms with Crippen LogP contribution in [0.25, 0.3) is 10.8 Å². The summed E-state index contributed by atoms with van der Waals surface area (Å²) in [5, 5.41) is 2.09. The van der Waals surface area contributed by atoms with Crippen LogP contribution in [-0.2, 0) is 0 Å². The lowest BCUT2D eigenvalue weighted by atomic mass is 10.0. The highest BCUT2D eigenvalue weighted by Gasteiger charge is 2.35. The van der Waals surface area contributed by atoms with Crippen LogP contribution >= 0.6 is 0 Å². The maximum atomic E-state index is 13.6. The van der Waals surface area contributed by atoms with Gasteiger partial charge in [0.2, 0.25) is 0 Å². The fraction of sp³-hybridized carbons (Fsp3) is 0.261. The molecule has 1 atom stereocenters. The Morgan fingerprint density at radius 1 is 1.00 bits per heavy atom. The molecule has 26 heavy (non-hydrogen) atoms. The van der Waals surface area contributed by atoms with E-state index < -0.39 is 0 Å². The predicted octanol–water partition coefficient (Wildman–Crippen LogP) is 5.29. The summed E-state index contributed by atoms with van der Waals surface area (Å²) in [5.74, 6) is 1.44. The van der Waals surface area contributed by atoms with Crippen molar-refractivity contribution in [3.8, 4) is 5.75 Å². The first-order valence-electron chi connectivity index (χ1n) is 9.14. The van der Waals surface area contributed by atoms with Gasteiger partial charge >= 0.3 is 0 Å². The molecule has 1 amide bonds. The molecule has 3 aromatic carbocycles. The van der Waals surface area contributed by atoms with Crippen molar-refractivity contribution in [1.29, 1.82) is 0 Å². The Labute approximate surface area is 154 Å². The van der Waals surface area contributed by atoms with Crippen molar-refractivity contribution in [2.75, 3.05) is 12.0 Å².